The molecule has 2 aliphatic heterocycles. The Hall–Kier alpha value is -4.23. The van der Waals surface area contributed by atoms with Crippen molar-refractivity contribution >= 4 is 32.7 Å². The summed E-state index contributed by atoms with van der Waals surface area (Å²) >= 11 is 0. The lowest BCUT2D eigenvalue weighted by molar-refractivity contribution is 0.00183. The number of nitrogens with two attached hydrogens (primary N) is 1. The van der Waals surface area contributed by atoms with E-state index >= 15 is 8.78 Å². The van der Waals surface area contributed by atoms with Crippen LogP contribution in [0.4, 0.5) is 26.1 Å². The number of nitrogens with zero attached hydrogens (tertiary/aromatic N) is 6. The van der Waals surface area contributed by atoms with Crippen molar-refractivity contribution < 1.29 is 26.7 Å². The Bertz CT molecular complexity index is 1890. The van der Waals surface area contributed by atoms with Crippen molar-refractivity contribution in [3.8, 4) is 17.3 Å². The molecular formula is C32H36F2N8O4S. The zero-order valence-electron chi connectivity index (χ0n) is 26.1. The lowest BCUT2D eigenvalue weighted by Crippen LogP contribution is -2.57. The van der Waals surface area contributed by atoms with E-state index in [4.69, 9.17) is 15.2 Å². The van der Waals surface area contributed by atoms with Crippen molar-refractivity contribution in [1.29, 1.82) is 5.26 Å². The number of fused-ring (bicyclic) bond motifs is 1. The van der Waals surface area contributed by atoms with E-state index in [9.17, 15) is 13.7 Å². The number of rotatable bonds is 9. The monoisotopic (exact) mass is 666 g/mol. The molecule has 4 aromatic rings. The van der Waals surface area contributed by atoms with Crippen LogP contribution < -0.4 is 16.0 Å². The summed E-state index contributed by atoms with van der Waals surface area (Å²) in [4.78, 5) is 10.8. The summed E-state index contributed by atoms with van der Waals surface area (Å²) in [6.07, 6.45) is 6.48. The molecule has 0 radical (unpaired) electrons. The van der Waals surface area contributed by atoms with Crippen LogP contribution in [0.25, 0.3) is 16.8 Å². The second kappa shape index (κ2) is 13.1. The van der Waals surface area contributed by atoms with Crippen molar-refractivity contribution in [1.82, 2.24) is 19.6 Å². The molecule has 12 nitrogen and oxygen atoms in total. The molecule has 248 valence electrons. The Balaban J connectivity index is 1.25. The molecule has 1 aromatic carbocycles. The number of halogens is 2. The first kappa shape index (κ1) is 32.7. The average molecular weight is 667 g/mol. The first-order chi connectivity index (χ1) is 22.5. The minimum Gasteiger partial charge on any atom is -0.381 e. The number of nitriles is 1. The molecule has 2 saturated heterocycles. The van der Waals surface area contributed by atoms with E-state index in [2.05, 4.69) is 31.4 Å². The molecule has 6 rings (SSSR count). The van der Waals surface area contributed by atoms with Gasteiger partial charge in [-0.3, -0.25) is 4.98 Å². The molecule has 2 aliphatic rings. The third-order valence-corrected chi connectivity index (χ3v) is 9.78. The molecule has 3 aromatic heterocycles. The number of hydrogen-bond acceptors (Lipinski definition) is 11. The number of anilines is 3. The molecule has 5 heterocycles. The maximum Gasteiger partial charge on any atom is 0.229 e. The Labute approximate surface area is 271 Å². The zero-order chi connectivity index (χ0) is 33.3. The van der Waals surface area contributed by atoms with Crippen molar-refractivity contribution in [2.24, 2.45) is 11.7 Å². The van der Waals surface area contributed by atoms with Gasteiger partial charge in [-0.2, -0.15) is 14.9 Å². The number of imidazole rings is 1. The summed E-state index contributed by atoms with van der Waals surface area (Å²) in [7, 11) is -3.15. The fourth-order valence-electron chi connectivity index (χ4n) is 6.39. The third kappa shape index (κ3) is 6.77. The van der Waals surface area contributed by atoms with Crippen LogP contribution in [0.2, 0.25) is 0 Å². The number of aromatic nitrogens is 4. The van der Waals surface area contributed by atoms with Crippen LogP contribution in [-0.4, -0.2) is 85.1 Å². The molecule has 15 heteroatoms. The number of piperidine rings is 1. The van der Waals surface area contributed by atoms with Crippen molar-refractivity contribution in [3.05, 3.63) is 66.1 Å². The van der Waals surface area contributed by atoms with Gasteiger partial charge in [0.1, 0.15) is 21.5 Å². The highest BCUT2D eigenvalue weighted by Gasteiger charge is 2.37. The standard InChI is InChI=1S/C32H36F2N8O4S/c1-20-17-41(18-25(36)30(20)46-11-12-47(2,43)44)28-5-8-37-16-27(28)39-31-38-15-22-3-4-26(40-42(22)31)29-23(33)13-21(14-24(29)34)32(19-35)6-9-45-10-7-32/h3-5,8,13-16,20,25,30H,6-7,9-12,17-18,36H2,1-2H3,(H,38,39)/t20-,25+,30-/m0/s1. The first-order valence-corrected chi connectivity index (χ1v) is 17.4. The number of hydrogen-bond donors (Lipinski definition) is 2. The largest absolute Gasteiger partial charge is 0.381 e. The molecular weight excluding hydrogens is 630 g/mol. The molecule has 47 heavy (non-hydrogen) atoms. The van der Waals surface area contributed by atoms with E-state index in [1.165, 1.54) is 29.0 Å². The highest BCUT2D eigenvalue weighted by atomic mass is 32.2. The SMILES string of the molecule is C[C@H]1CN(c2ccncc2Nc2ncc3ccc(-c4c(F)cc(C5(C#N)CCOCC5)cc4F)nn23)C[C@@H](N)[C@H]1OCCS(C)(=O)=O. The summed E-state index contributed by atoms with van der Waals surface area (Å²) in [5.74, 6) is -1.39. The van der Waals surface area contributed by atoms with E-state index in [1.807, 2.05) is 13.0 Å². The predicted molar refractivity (Wildman–Crippen MR) is 172 cm³/mol. The van der Waals surface area contributed by atoms with Crippen molar-refractivity contribution in [2.75, 3.05) is 55.1 Å². The van der Waals surface area contributed by atoms with Gasteiger partial charge in [0.25, 0.3) is 0 Å². The smallest absolute Gasteiger partial charge is 0.229 e. The van der Waals surface area contributed by atoms with E-state index in [0.29, 0.717) is 56.3 Å². The second-order valence-corrected chi connectivity index (χ2v) is 14.5. The highest BCUT2D eigenvalue weighted by molar-refractivity contribution is 7.90. The number of ether oxygens (including phenoxy) is 2. The molecule has 0 amide bonds. The number of sulfone groups is 1. The first-order valence-electron chi connectivity index (χ1n) is 15.3. The van der Waals surface area contributed by atoms with Crippen LogP contribution in [-0.2, 0) is 24.7 Å². The van der Waals surface area contributed by atoms with Gasteiger partial charge in [0.05, 0.1) is 70.5 Å². The minimum absolute atomic E-state index is 0.00136. The van der Waals surface area contributed by atoms with Gasteiger partial charge in [-0.15, -0.1) is 0 Å². The maximum absolute atomic E-state index is 15.6. The highest BCUT2D eigenvalue weighted by Crippen LogP contribution is 2.38. The summed E-state index contributed by atoms with van der Waals surface area (Å²) in [5, 5.41) is 17.7. The second-order valence-electron chi connectivity index (χ2n) is 12.3. The fourth-order valence-corrected chi connectivity index (χ4v) is 6.79. The number of nitrogens with one attached hydrogen (secondary N) is 1. The molecule has 3 atom stereocenters. The van der Waals surface area contributed by atoms with E-state index in [1.54, 1.807) is 24.7 Å². The van der Waals surface area contributed by atoms with E-state index < -0.39 is 26.9 Å². The Morgan fingerprint density at radius 1 is 1.17 bits per heavy atom. The van der Waals surface area contributed by atoms with Gasteiger partial charge >= 0.3 is 0 Å². The maximum atomic E-state index is 15.6. The molecule has 3 N–H and O–H groups in total. The molecule has 0 bridgehead atoms. The molecule has 0 aliphatic carbocycles. The van der Waals surface area contributed by atoms with Crippen LogP contribution in [0.15, 0.2) is 48.9 Å². The molecule has 2 fully saturated rings. The van der Waals surface area contributed by atoms with Gasteiger partial charge < -0.3 is 25.4 Å². The van der Waals surface area contributed by atoms with Crippen LogP contribution in [0.1, 0.15) is 25.3 Å². The topological polar surface area (TPSA) is 161 Å². The lowest BCUT2D eigenvalue weighted by atomic mass is 9.75. The lowest BCUT2D eigenvalue weighted by Gasteiger charge is -2.42. The molecule has 0 unspecified atom stereocenters. The van der Waals surface area contributed by atoms with Gasteiger partial charge in [-0.05, 0) is 48.7 Å². The van der Waals surface area contributed by atoms with Crippen molar-refractivity contribution in [3.63, 3.8) is 0 Å². The number of benzene rings is 1. The summed E-state index contributed by atoms with van der Waals surface area (Å²) in [6.45, 7) is 3.82. The van der Waals surface area contributed by atoms with Gasteiger partial charge in [0, 0.05) is 50.7 Å². The van der Waals surface area contributed by atoms with Gasteiger partial charge in [0.15, 0.2) is 0 Å². The molecule has 0 saturated carbocycles. The van der Waals surface area contributed by atoms with E-state index in [0.717, 1.165) is 5.69 Å². The summed E-state index contributed by atoms with van der Waals surface area (Å²) in [5.41, 5.74) is 7.55. The van der Waals surface area contributed by atoms with Crippen LogP contribution in [0.5, 0.6) is 0 Å². The third-order valence-electron chi connectivity index (χ3n) is 8.87. The summed E-state index contributed by atoms with van der Waals surface area (Å²) < 4.78 is 67.0. The summed E-state index contributed by atoms with van der Waals surface area (Å²) in [6, 6.07) is 9.37. The normalized spacial score (nSPS) is 21.4. The van der Waals surface area contributed by atoms with Gasteiger partial charge in [-0.1, -0.05) is 6.92 Å². The fraction of sp³-hybridized carbons (Fsp3) is 0.438. The van der Waals surface area contributed by atoms with Gasteiger partial charge in [-0.25, -0.2) is 22.2 Å². The average Bonchev–Trinajstić information content (AvgIpc) is 3.43. The van der Waals surface area contributed by atoms with E-state index in [-0.39, 0.29) is 47.2 Å². The Morgan fingerprint density at radius 2 is 1.91 bits per heavy atom. The minimum atomic E-state index is -3.15. The van der Waals surface area contributed by atoms with Gasteiger partial charge in [0.2, 0.25) is 5.95 Å². The molecule has 0 spiro atoms. The Kier molecular flexibility index (Phi) is 9.12. The van der Waals surface area contributed by atoms with Crippen molar-refractivity contribution in [2.45, 2.75) is 37.3 Å². The quantitative estimate of drug-likeness (QED) is 0.269. The zero-order valence-corrected chi connectivity index (χ0v) is 26.9. The van der Waals surface area contributed by atoms with Crippen LogP contribution in [0, 0.1) is 28.9 Å². The van der Waals surface area contributed by atoms with Crippen LogP contribution in [0.3, 0.4) is 0 Å². The van der Waals surface area contributed by atoms with Crippen LogP contribution >= 0.6 is 0 Å². The Morgan fingerprint density at radius 3 is 2.60 bits per heavy atom. The number of pyridine rings is 1. The predicted octanol–water partition coefficient (Wildman–Crippen LogP) is 3.60.